The van der Waals surface area contributed by atoms with Gasteiger partial charge in [0.25, 0.3) is 5.91 Å². The lowest BCUT2D eigenvalue weighted by Crippen LogP contribution is -2.39. The summed E-state index contributed by atoms with van der Waals surface area (Å²) < 4.78 is 10.5. The fourth-order valence-electron chi connectivity index (χ4n) is 1.95. The van der Waals surface area contributed by atoms with Gasteiger partial charge in [-0.15, -0.1) is 0 Å². The number of ether oxygens (including phenoxy) is 2. The standard InChI is InChI=1S/C13H16N2O3S/c1-8-3-2-4-9(11(8)12(14)19)15-13(16)10-7-17-5-6-18-10/h2-4,10H,5-7H2,1H3,(H2,14,19)(H,15,16). The van der Waals surface area contributed by atoms with Crippen molar-refractivity contribution in [2.45, 2.75) is 13.0 Å². The Morgan fingerprint density at radius 1 is 1.47 bits per heavy atom. The number of nitrogens with two attached hydrogens (primary N) is 1. The van der Waals surface area contributed by atoms with Gasteiger partial charge in [-0.05, 0) is 18.6 Å². The third-order valence-electron chi connectivity index (χ3n) is 2.89. The van der Waals surface area contributed by atoms with Gasteiger partial charge in [0.2, 0.25) is 0 Å². The highest BCUT2D eigenvalue weighted by molar-refractivity contribution is 7.80. The Morgan fingerprint density at radius 3 is 2.89 bits per heavy atom. The van der Waals surface area contributed by atoms with Gasteiger partial charge in [0, 0.05) is 5.56 Å². The minimum Gasteiger partial charge on any atom is -0.389 e. The third kappa shape index (κ3) is 3.28. The van der Waals surface area contributed by atoms with Crippen LogP contribution in [0.1, 0.15) is 11.1 Å². The molecule has 1 amide bonds. The molecule has 19 heavy (non-hydrogen) atoms. The SMILES string of the molecule is Cc1cccc(NC(=O)C2COCCO2)c1C(N)=S. The second-order valence-corrected chi connectivity index (χ2v) is 4.73. The van der Waals surface area contributed by atoms with Crippen LogP contribution in [0.5, 0.6) is 0 Å². The van der Waals surface area contributed by atoms with Gasteiger partial charge in [0.1, 0.15) is 4.99 Å². The molecule has 1 saturated heterocycles. The molecule has 1 aliphatic heterocycles. The molecule has 0 radical (unpaired) electrons. The number of aryl methyl sites for hydroxylation is 1. The molecular weight excluding hydrogens is 264 g/mol. The van der Waals surface area contributed by atoms with Crippen LogP contribution in [0.25, 0.3) is 0 Å². The van der Waals surface area contributed by atoms with Crippen molar-refractivity contribution in [2.24, 2.45) is 5.73 Å². The Hall–Kier alpha value is -1.50. The minimum absolute atomic E-state index is 0.247. The molecule has 1 aromatic carbocycles. The minimum atomic E-state index is -0.589. The van der Waals surface area contributed by atoms with E-state index in [-0.39, 0.29) is 17.5 Å². The molecule has 1 aliphatic rings. The first-order valence-electron chi connectivity index (χ1n) is 5.99. The van der Waals surface area contributed by atoms with E-state index >= 15 is 0 Å². The van der Waals surface area contributed by atoms with E-state index in [0.29, 0.717) is 24.5 Å². The van der Waals surface area contributed by atoms with Crippen LogP contribution in [0, 0.1) is 6.92 Å². The summed E-state index contributed by atoms with van der Waals surface area (Å²) in [6, 6.07) is 5.50. The number of hydrogen-bond donors (Lipinski definition) is 2. The van der Waals surface area contributed by atoms with Crippen LogP contribution in [0.2, 0.25) is 0 Å². The van der Waals surface area contributed by atoms with Crippen molar-refractivity contribution >= 4 is 28.8 Å². The zero-order valence-corrected chi connectivity index (χ0v) is 11.5. The molecule has 1 aromatic rings. The van der Waals surface area contributed by atoms with Gasteiger partial charge in [-0.3, -0.25) is 4.79 Å². The molecule has 6 heteroatoms. The van der Waals surface area contributed by atoms with Gasteiger partial charge < -0.3 is 20.5 Å². The van der Waals surface area contributed by atoms with E-state index in [1.54, 1.807) is 6.07 Å². The van der Waals surface area contributed by atoms with Crippen molar-refractivity contribution in [3.8, 4) is 0 Å². The summed E-state index contributed by atoms with van der Waals surface area (Å²) in [5.41, 5.74) is 7.90. The number of rotatable bonds is 3. The largest absolute Gasteiger partial charge is 0.389 e. The second kappa shape index (κ2) is 6.10. The smallest absolute Gasteiger partial charge is 0.255 e. The zero-order valence-electron chi connectivity index (χ0n) is 10.6. The van der Waals surface area contributed by atoms with Crippen LogP contribution < -0.4 is 11.1 Å². The van der Waals surface area contributed by atoms with Gasteiger partial charge in [-0.1, -0.05) is 24.4 Å². The monoisotopic (exact) mass is 280 g/mol. The van der Waals surface area contributed by atoms with E-state index in [4.69, 9.17) is 27.4 Å². The average molecular weight is 280 g/mol. The highest BCUT2D eigenvalue weighted by Crippen LogP contribution is 2.20. The van der Waals surface area contributed by atoms with Crippen molar-refractivity contribution in [2.75, 3.05) is 25.1 Å². The third-order valence-corrected chi connectivity index (χ3v) is 3.09. The van der Waals surface area contributed by atoms with E-state index in [1.807, 2.05) is 19.1 Å². The van der Waals surface area contributed by atoms with E-state index in [1.165, 1.54) is 0 Å². The van der Waals surface area contributed by atoms with Crippen LogP contribution >= 0.6 is 12.2 Å². The molecule has 0 saturated carbocycles. The van der Waals surface area contributed by atoms with Gasteiger partial charge in [-0.25, -0.2) is 0 Å². The first-order valence-corrected chi connectivity index (χ1v) is 6.40. The quantitative estimate of drug-likeness (QED) is 0.808. The van der Waals surface area contributed by atoms with Crippen LogP contribution in [-0.4, -0.2) is 36.8 Å². The summed E-state index contributed by atoms with van der Waals surface area (Å²) >= 11 is 5.02. The summed E-state index contributed by atoms with van der Waals surface area (Å²) in [5, 5.41) is 2.79. The molecule has 0 bridgehead atoms. The van der Waals surface area contributed by atoms with Crippen LogP contribution in [0.4, 0.5) is 5.69 Å². The maximum absolute atomic E-state index is 12.1. The molecule has 1 heterocycles. The lowest BCUT2D eigenvalue weighted by Gasteiger charge is -2.22. The number of amides is 1. The van der Waals surface area contributed by atoms with Crippen molar-refractivity contribution in [3.05, 3.63) is 29.3 Å². The molecule has 0 spiro atoms. The number of nitrogens with one attached hydrogen (secondary N) is 1. The Labute approximate surface area is 117 Å². The van der Waals surface area contributed by atoms with E-state index in [9.17, 15) is 4.79 Å². The lowest BCUT2D eigenvalue weighted by atomic mass is 10.1. The molecule has 102 valence electrons. The molecule has 5 nitrogen and oxygen atoms in total. The number of carbonyl (C=O) groups excluding carboxylic acids is 1. The van der Waals surface area contributed by atoms with Crippen molar-refractivity contribution < 1.29 is 14.3 Å². The lowest BCUT2D eigenvalue weighted by molar-refractivity contribution is -0.142. The first-order chi connectivity index (χ1) is 9.09. The molecule has 2 rings (SSSR count). The zero-order chi connectivity index (χ0) is 13.8. The van der Waals surface area contributed by atoms with Crippen molar-refractivity contribution in [3.63, 3.8) is 0 Å². The topological polar surface area (TPSA) is 73.6 Å². The highest BCUT2D eigenvalue weighted by Gasteiger charge is 2.23. The molecular formula is C13H16N2O3S. The molecule has 3 N–H and O–H groups in total. The summed E-state index contributed by atoms with van der Waals surface area (Å²) in [6.07, 6.45) is -0.589. The fraction of sp³-hybridized carbons (Fsp3) is 0.385. The Balaban J connectivity index is 2.16. The Morgan fingerprint density at radius 2 is 2.26 bits per heavy atom. The van der Waals surface area contributed by atoms with E-state index in [2.05, 4.69) is 5.32 Å². The number of anilines is 1. The Kier molecular flexibility index (Phi) is 4.47. The van der Waals surface area contributed by atoms with Crippen LogP contribution in [0.3, 0.4) is 0 Å². The molecule has 1 atom stereocenters. The molecule has 1 fully saturated rings. The summed E-state index contributed by atoms with van der Waals surface area (Å²) in [4.78, 5) is 12.3. The number of benzene rings is 1. The highest BCUT2D eigenvalue weighted by atomic mass is 32.1. The predicted molar refractivity (Wildman–Crippen MR) is 76.3 cm³/mol. The fourth-order valence-corrected chi connectivity index (χ4v) is 2.22. The van der Waals surface area contributed by atoms with Crippen LogP contribution in [0.15, 0.2) is 18.2 Å². The summed E-state index contributed by atoms with van der Waals surface area (Å²) in [7, 11) is 0. The average Bonchev–Trinajstić information content (AvgIpc) is 2.39. The van der Waals surface area contributed by atoms with E-state index < -0.39 is 6.10 Å². The van der Waals surface area contributed by atoms with Crippen molar-refractivity contribution in [1.82, 2.24) is 0 Å². The summed E-state index contributed by atoms with van der Waals surface area (Å²) in [5.74, 6) is -0.247. The first kappa shape index (κ1) is 13.9. The van der Waals surface area contributed by atoms with Gasteiger partial charge in [0.05, 0.1) is 25.5 Å². The van der Waals surface area contributed by atoms with Gasteiger partial charge in [0.15, 0.2) is 6.10 Å². The van der Waals surface area contributed by atoms with Gasteiger partial charge >= 0.3 is 0 Å². The number of hydrogen-bond acceptors (Lipinski definition) is 4. The normalized spacial score (nSPS) is 18.9. The Bertz CT molecular complexity index is 499. The maximum Gasteiger partial charge on any atom is 0.255 e. The maximum atomic E-state index is 12.1. The van der Waals surface area contributed by atoms with E-state index in [0.717, 1.165) is 5.56 Å². The summed E-state index contributed by atoms with van der Waals surface area (Å²) in [6.45, 7) is 3.10. The van der Waals surface area contributed by atoms with Crippen LogP contribution in [-0.2, 0) is 14.3 Å². The second-order valence-electron chi connectivity index (χ2n) is 4.29. The van der Waals surface area contributed by atoms with Gasteiger partial charge in [-0.2, -0.15) is 0 Å². The number of carbonyl (C=O) groups is 1. The molecule has 1 unspecified atom stereocenters. The molecule has 0 aromatic heterocycles. The van der Waals surface area contributed by atoms with Crippen molar-refractivity contribution in [1.29, 1.82) is 0 Å². The number of thiocarbonyl (C=S) groups is 1. The predicted octanol–water partition coefficient (Wildman–Crippen LogP) is 0.983. The molecule has 0 aliphatic carbocycles.